The maximum absolute atomic E-state index is 9.67. The molecule has 132 valence electrons. The van der Waals surface area contributed by atoms with E-state index in [1.165, 1.54) is 0 Å². The van der Waals surface area contributed by atoms with Gasteiger partial charge in [-0.05, 0) is 32.8 Å². The molecule has 0 spiro atoms. The fourth-order valence-electron chi connectivity index (χ4n) is 3.19. The van der Waals surface area contributed by atoms with Crippen molar-refractivity contribution in [2.75, 3.05) is 25.1 Å². The second-order valence-electron chi connectivity index (χ2n) is 6.62. The van der Waals surface area contributed by atoms with Crippen LogP contribution in [-0.4, -0.2) is 35.8 Å². The highest BCUT2D eigenvalue weighted by Gasteiger charge is 2.32. The zero-order valence-corrected chi connectivity index (χ0v) is 16.9. The van der Waals surface area contributed by atoms with Crippen molar-refractivity contribution in [2.24, 2.45) is 0 Å². The molecule has 0 N–H and O–H groups in total. The number of aromatic nitrogens is 2. The van der Waals surface area contributed by atoms with Gasteiger partial charge in [-0.2, -0.15) is 5.26 Å². The first kappa shape index (κ1) is 18.4. The van der Waals surface area contributed by atoms with Crippen molar-refractivity contribution in [2.45, 2.75) is 37.1 Å². The monoisotopic (exact) mass is 422 g/mol. The highest BCUT2D eigenvalue weighted by Crippen LogP contribution is 2.38. The van der Waals surface area contributed by atoms with Crippen molar-refractivity contribution in [3.8, 4) is 6.07 Å². The molecule has 1 aliphatic rings. The van der Waals surface area contributed by atoms with Crippen LogP contribution in [0.2, 0.25) is 5.15 Å². The smallest absolute Gasteiger partial charge is 0.149 e. The van der Waals surface area contributed by atoms with Crippen LogP contribution in [0.3, 0.4) is 0 Å². The molecule has 5 nitrogen and oxygen atoms in total. The topological polar surface area (TPSA) is 62.0 Å². The summed E-state index contributed by atoms with van der Waals surface area (Å²) in [6.07, 6.45) is 3.51. The quantitative estimate of drug-likeness (QED) is 0.532. The second kappa shape index (κ2) is 7.06. The third kappa shape index (κ3) is 3.46. The lowest BCUT2D eigenvalue weighted by atomic mass is 9.92. The Balaban J connectivity index is 2.14. The minimum absolute atomic E-state index is 0.115. The van der Waals surface area contributed by atoms with Gasteiger partial charge in [-0.3, -0.25) is 4.98 Å². The lowest BCUT2D eigenvalue weighted by Gasteiger charge is -2.40. The lowest BCUT2D eigenvalue weighted by molar-refractivity contribution is -0.0132. The zero-order valence-electron chi connectivity index (χ0n) is 14.5. The van der Waals surface area contributed by atoms with Crippen molar-refractivity contribution in [3.63, 3.8) is 0 Å². The standard InChI is InChI=1S/C18H20BrClN4O/c1-11(19)14-8-12-15(10-22-14)23-17(20)13(9-21)16(12)24-6-4-18(2,25-3)5-7-24/h8,10-11H,4-7H2,1-3H3. The van der Waals surface area contributed by atoms with E-state index >= 15 is 0 Å². The van der Waals surface area contributed by atoms with E-state index < -0.39 is 0 Å². The fourth-order valence-corrected chi connectivity index (χ4v) is 3.66. The third-order valence-corrected chi connectivity index (χ3v) is 5.71. The molecule has 2 aromatic rings. The molecule has 3 rings (SSSR count). The van der Waals surface area contributed by atoms with Gasteiger partial charge in [-0.1, -0.05) is 27.5 Å². The van der Waals surface area contributed by atoms with E-state index in [0.29, 0.717) is 11.1 Å². The van der Waals surface area contributed by atoms with Crippen LogP contribution in [0.1, 0.15) is 42.8 Å². The van der Waals surface area contributed by atoms with E-state index in [-0.39, 0.29) is 15.6 Å². The summed E-state index contributed by atoms with van der Waals surface area (Å²) < 4.78 is 5.63. The molecule has 0 saturated carbocycles. The van der Waals surface area contributed by atoms with Gasteiger partial charge in [0.05, 0.1) is 33.5 Å². The Kier molecular flexibility index (Phi) is 5.19. The molecule has 1 atom stereocenters. The van der Waals surface area contributed by atoms with Crippen molar-refractivity contribution < 1.29 is 4.74 Å². The number of rotatable bonds is 3. The van der Waals surface area contributed by atoms with Gasteiger partial charge in [0.1, 0.15) is 16.8 Å². The molecule has 0 aromatic carbocycles. The van der Waals surface area contributed by atoms with E-state index in [2.05, 4.69) is 43.8 Å². The number of pyridine rings is 2. The van der Waals surface area contributed by atoms with Crippen LogP contribution in [0.15, 0.2) is 12.3 Å². The van der Waals surface area contributed by atoms with Crippen LogP contribution in [0, 0.1) is 11.3 Å². The largest absolute Gasteiger partial charge is 0.378 e. The average molecular weight is 424 g/mol. The Morgan fingerprint density at radius 1 is 1.44 bits per heavy atom. The van der Waals surface area contributed by atoms with Gasteiger partial charge in [0.25, 0.3) is 0 Å². The first-order valence-electron chi connectivity index (χ1n) is 8.22. The van der Waals surface area contributed by atoms with E-state index in [4.69, 9.17) is 16.3 Å². The second-order valence-corrected chi connectivity index (χ2v) is 8.35. The van der Waals surface area contributed by atoms with Gasteiger partial charge in [0, 0.05) is 25.6 Å². The summed E-state index contributed by atoms with van der Waals surface area (Å²) in [7, 11) is 1.75. The SMILES string of the molecule is COC1(C)CCN(c2c(C#N)c(Cl)nc3cnc(C(C)Br)cc23)CC1. The van der Waals surface area contributed by atoms with Gasteiger partial charge in [0.15, 0.2) is 0 Å². The van der Waals surface area contributed by atoms with Gasteiger partial charge in [-0.15, -0.1) is 0 Å². The number of anilines is 1. The molecule has 1 fully saturated rings. The van der Waals surface area contributed by atoms with Gasteiger partial charge >= 0.3 is 0 Å². The number of halogens is 2. The number of methoxy groups -OCH3 is 1. The lowest BCUT2D eigenvalue weighted by Crippen LogP contribution is -2.44. The van der Waals surface area contributed by atoms with Crippen LogP contribution in [0.5, 0.6) is 0 Å². The Morgan fingerprint density at radius 2 is 2.12 bits per heavy atom. The van der Waals surface area contributed by atoms with Crippen molar-refractivity contribution in [3.05, 3.63) is 28.7 Å². The highest BCUT2D eigenvalue weighted by molar-refractivity contribution is 9.09. The molecule has 1 unspecified atom stereocenters. The van der Waals surface area contributed by atoms with Gasteiger partial charge < -0.3 is 9.64 Å². The number of alkyl halides is 1. The number of fused-ring (bicyclic) bond motifs is 1. The summed E-state index contributed by atoms with van der Waals surface area (Å²) in [4.78, 5) is 11.1. The predicted octanol–water partition coefficient (Wildman–Crippen LogP) is 4.62. The summed E-state index contributed by atoms with van der Waals surface area (Å²) in [5, 5.41) is 10.8. The molecule has 2 aromatic heterocycles. The maximum Gasteiger partial charge on any atom is 0.149 e. The van der Waals surface area contributed by atoms with Gasteiger partial charge in [0.2, 0.25) is 0 Å². The first-order valence-corrected chi connectivity index (χ1v) is 9.51. The summed E-state index contributed by atoms with van der Waals surface area (Å²) in [6, 6.07) is 4.24. The summed E-state index contributed by atoms with van der Waals surface area (Å²) in [5.41, 5.74) is 2.77. The average Bonchev–Trinajstić information content (AvgIpc) is 2.61. The highest BCUT2D eigenvalue weighted by atomic mass is 79.9. The maximum atomic E-state index is 9.67. The molecule has 7 heteroatoms. The Bertz CT molecular complexity index is 841. The van der Waals surface area contributed by atoms with Crippen molar-refractivity contribution in [1.82, 2.24) is 9.97 Å². The number of nitriles is 1. The van der Waals surface area contributed by atoms with E-state index in [0.717, 1.165) is 42.7 Å². The summed E-state index contributed by atoms with van der Waals surface area (Å²) in [6.45, 7) is 5.75. The fraction of sp³-hybridized carbons (Fsp3) is 0.500. The Morgan fingerprint density at radius 3 is 2.68 bits per heavy atom. The first-order chi connectivity index (χ1) is 11.9. The normalized spacial score (nSPS) is 18.2. The molecule has 0 radical (unpaired) electrons. The Labute approximate surface area is 161 Å². The molecule has 25 heavy (non-hydrogen) atoms. The number of hydrogen-bond acceptors (Lipinski definition) is 5. The van der Waals surface area contributed by atoms with Crippen LogP contribution in [-0.2, 0) is 4.74 Å². The number of ether oxygens (including phenoxy) is 1. The third-order valence-electron chi connectivity index (χ3n) is 4.97. The van der Waals surface area contributed by atoms with Crippen LogP contribution in [0.4, 0.5) is 5.69 Å². The molecular weight excluding hydrogens is 404 g/mol. The Hall–Kier alpha value is -1.42. The van der Waals surface area contributed by atoms with Crippen molar-refractivity contribution in [1.29, 1.82) is 5.26 Å². The molecular formula is C18H20BrClN4O. The number of nitrogens with zero attached hydrogens (tertiary/aromatic N) is 4. The molecule has 1 saturated heterocycles. The van der Waals surface area contributed by atoms with Crippen LogP contribution in [0.25, 0.3) is 10.9 Å². The zero-order chi connectivity index (χ0) is 18.2. The van der Waals surface area contributed by atoms with Crippen molar-refractivity contribution >= 4 is 44.1 Å². The summed E-state index contributed by atoms with van der Waals surface area (Å²) in [5.74, 6) is 0. The van der Waals surface area contributed by atoms with E-state index in [1.807, 2.05) is 13.0 Å². The van der Waals surface area contributed by atoms with Gasteiger partial charge in [-0.25, -0.2) is 4.98 Å². The van der Waals surface area contributed by atoms with E-state index in [1.54, 1.807) is 13.3 Å². The number of piperidine rings is 1. The molecule has 3 heterocycles. The predicted molar refractivity (Wildman–Crippen MR) is 103 cm³/mol. The molecule has 0 amide bonds. The minimum Gasteiger partial charge on any atom is -0.378 e. The van der Waals surface area contributed by atoms with Crippen LogP contribution >= 0.6 is 27.5 Å². The number of hydrogen-bond donors (Lipinski definition) is 0. The van der Waals surface area contributed by atoms with Crippen LogP contribution < -0.4 is 4.90 Å². The summed E-state index contributed by atoms with van der Waals surface area (Å²) >= 11 is 9.85. The molecule has 0 bridgehead atoms. The molecule has 0 aliphatic carbocycles. The van der Waals surface area contributed by atoms with E-state index in [9.17, 15) is 5.26 Å². The minimum atomic E-state index is -0.118. The molecule has 1 aliphatic heterocycles.